The van der Waals surface area contributed by atoms with Gasteiger partial charge in [0.25, 0.3) is 0 Å². The van der Waals surface area contributed by atoms with E-state index in [1.807, 2.05) is 18.2 Å². The highest BCUT2D eigenvalue weighted by atomic mass is 32.2. The summed E-state index contributed by atoms with van der Waals surface area (Å²) in [5, 5.41) is 0.0511. The van der Waals surface area contributed by atoms with E-state index in [-0.39, 0.29) is 11.2 Å². The Morgan fingerprint density at radius 2 is 2.14 bits per heavy atom. The Morgan fingerprint density at radius 3 is 2.79 bits per heavy atom. The maximum atomic E-state index is 11.2. The molecule has 0 N–H and O–H groups in total. The van der Waals surface area contributed by atoms with E-state index in [0.29, 0.717) is 6.61 Å². The molecule has 0 aromatic heterocycles. The molecule has 1 saturated heterocycles. The number of esters is 1. The third-order valence-electron chi connectivity index (χ3n) is 2.18. The van der Waals surface area contributed by atoms with Crippen molar-refractivity contribution in [1.29, 1.82) is 0 Å². The highest BCUT2D eigenvalue weighted by Gasteiger charge is 2.26. The molecule has 1 fully saturated rings. The first kappa shape index (κ1) is 9.59. The molecule has 0 bridgehead atoms. The first-order valence-electron chi connectivity index (χ1n) is 4.68. The van der Waals surface area contributed by atoms with Crippen LogP contribution in [-0.4, -0.2) is 17.8 Å². The van der Waals surface area contributed by atoms with Crippen molar-refractivity contribution in [3.8, 4) is 0 Å². The van der Waals surface area contributed by atoms with Gasteiger partial charge in [0.1, 0.15) is 5.25 Å². The monoisotopic (exact) mass is 208 g/mol. The Kier molecular flexibility index (Phi) is 3.09. The lowest BCUT2D eigenvalue weighted by molar-refractivity contribution is -0.137. The van der Waals surface area contributed by atoms with Crippen LogP contribution in [0.1, 0.15) is 12.0 Å². The fourth-order valence-corrected chi connectivity index (χ4v) is 2.45. The van der Waals surface area contributed by atoms with Gasteiger partial charge in [-0.25, -0.2) is 0 Å². The minimum Gasteiger partial charge on any atom is -0.465 e. The van der Waals surface area contributed by atoms with Crippen LogP contribution in [0.2, 0.25) is 0 Å². The van der Waals surface area contributed by atoms with Gasteiger partial charge in [-0.2, -0.15) is 0 Å². The molecular weight excluding hydrogens is 196 g/mol. The zero-order chi connectivity index (χ0) is 9.80. The quantitative estimate of drug-likeness (QED) is 0.712. The first-order valence-corrected chi connectivity index (χ1v) is 5.73. The second kappa shape index (κ2) is 4.51. The largest absolute Gasteiger partial charge is 0.465 e. The molecule has 0 radical (unpaired) electrons. The van der Waals surface area contributed by atoms with Gasteiger partial charge in [0.2, 0.25) is 0 Å². The molecule has 2 rings (SSSR count). The van der Waals surface area contributed by atoms with Crippen molar-refractivity contribution in [3.05, 3.63) is 35.9 Å². The van der Waals surface area contributed by atoms with E-state index in [2.05, 4.69) is 12.1 Å². The summed E-state index contributed by atoms with van der Waals surface area (Å²) in [6, 6.07) is 10.2. The summed E-state index contributed by atoms with van der Waals surface area (Å²) in [4.78, 5) is 11.2. The summed E-state index contributed by atoms with van der Waals surface area (Å²) in [5.74, 6) is 0.839. The van der Waals surface area contributed by atoms with Gasteiger partial charge >= 0.3 is 5.97 Å². The van der Waals surface area contributed by atoms with Crippen molar-refractivity contribution in [2.45, 2.75) is 17.4 Å². The first-order chi connectivity index (χ1) is 6.86. The van der Waals surface area contributed by atoms with Crippen molar-refractivity contribution in [3.63, 3.8) is 0 Å². The summed E-state index contributed by atoms with van der Waals surface area (Å²) in [6.45, 7) is 0.589. The molecular formula is C11H12O2S. The van der Waals surface area contributed by atoms with Crippen molar-refractivity contribution < 1.29 is 9.53 Å². The third kappa shape index (κ3) is 2.29. The van der Waals surface area contributed by atoms with Gasteiger partial charge in [0.05, 0.1) is 6.61 Å². The molecule has 74 valence electrons. The molecule has 0 amide bonds. The number of carbonyl (C=O) groups excluding carboxylic acids is 1. The van der Waals surface area contributed by atoms with Gasteiger partial charge in [-0.15, -0.1) is 11.8 Å². The van der Waals surface area contributed by atoms with E-state index < -0.39 is 0 Å². The summed E-state index contributed by atoms with van der Waals surface area (Å²) >= 11 is 1.67. The van der Waals surface area contributed by atoms with Gasteiger partial charge in [-0.1, -0.05) is 30.3 Å². The summed E-state index contributed by atoms with van der Waals surface area (Å²) in [7, 11) is 0. The summed E-state index contributed by atoms with van der Waals surface area (Å²) in [5.41, 5.74) is 1.26. The Balaban J connectivity index is 1.85. The van der Waals surface area contributed by atoms with E-state index >= 15 is 0 Å². The van der Waals surface area contributed by atoms with Crippen LogP contribution >= 0.6 is 11.8 Å². The topological polar surface area (TPSA) is 26.3 Å². The molecule has 3 heteroatoms. The van der Waals surface area contributed by atoms with E-state index in [0.717, 1.165) is 12.2 Å². The predicted molar refractivity (Wildman–Crippen MR) is 57.1 cm³/mol. The van der Waals surface area contributed by atoms with Crippen molar-refractivity contribution in [1.82, 2.24) is 0 Å². The van der Waals surface area contributed by atoms with Crippen molar-refractivity contribution >= 4 is 17.7 Å². The number of hydrogen-bond donors (Lipinski definition) is 0. The van der Waals surface area contributed by atoms with Crippen LogP contribution < -0.4 is 0 Å². The fraction of sp³-hybridized carbons (Fsp3) is 0.364. The molecule has 0 aliphatic carbocycles. The highest BCUT2D eigenvalue weighted by molar-refractivity contribution is 7.99. The third-order valence-corrected chi connectivity index (χ3v) is 3.51. The molecule has 1 aliphatic heterocycles. The SMILES string of the molecule is O=C1OCC[C@H]1SCc1ccccc1. The fourth-order valence-electron chi connectivity index (χ4n) is 1.40. The zero-order valence-electron chi connectivity index (χ0n) is 7.81. The van der Waals surface area contributed by atoms with Crippen LogP contribution in [0.15, 0.2) is 30.3 Å². The van der Waals surface area contributed by atoms with Crippen LogP contribution in [0.4, 0.5) is 0 Å². The second-order valence-corrected chi connectivity index (χ2v) is 4.43. The minimum absolute atomic E-state index is 0.0501. The highest BCUT2D eigenvalue weighted by Crippen LogP contribution is 2.25. The molecule has 0 saturated carbocycles. The predicted octanol–water partition coefficient (Wildman–Crippen LogP) is 2.24. The number of carbonyl (C=O) groups is 1. The van der Waals surface area contributed by atoms with E-state index in [9.17, 15) is 4.79 Å². The van der Waals surface area contributed by atoms with E-state index in [4.69, 9.17) is 4.74 Å². The van der Waals surface area contributed by atoms with Crippen molar-refractivity contribution in [2.75, 3.05) is 6.61 Å². The van der Waals surface area contributed by atoms with Gasteiger partial charge in [0.15, 0.2) is 0 Å². The molecule has 0 spiro atoms. The van der Waals surface area contributed by atoms with Gasteiger partial charge in [-0.05, 0) is 5.56 Å². The molecule has 2 nitrogen and oxygen atoms in total. The van der Waals surface area contributed by atoms with Crippen LogP contribution in [0.3, 0.4) is 0 Å². The van der Waals surface area contributed by atoms with E-state index in [1.54, 1.807) is 11.8 Å². The Labute approximate surface area is 87.6 Å². The molecule has 14 heavy (non-hydrogen) atoms. The van der Waals surface area contributed by atoms with Crippen LogP contribution in [0, 0.1) is 0 Å². The molecule has 1 aromatic carbocycles. The number of thioether (sulfide) groups is 1. The standard InChI is InChI=1S/C11H12O2S/c12-11-10(6-7-13-11)14-8-9-4-2-1-3-5-9/h1-5,10H,6-8H2/t10-/m1/s1. The maximum absolute atomic E-state index is 11.2. The number of rotatable bonds is 3. The van der Waals surface area contributed by atoms with Crippen molar-refractivity contribution in [2.24, 2.45) is 0 Å². The van der Waals surface area contributed by atoms with Crippen LogP contribution in [0.25, 0.3) is 0 Å². The molecule has 1 heterocycles. The van der Waals surface area contributed by atoms with Gasteiger partial charge in [-0.3, -0.25) is 4.79 Å². The lowest BCUT2D eigenvalue weighted by atomic mass is 10.2. The molecule has 0 unspecified atom stereocenters. The molecule has 1 atom stereocenters. The lowest BCUT2D eigenvalue weighted by Gasteiger charge is -2.04. The maximum Gasteiger partial charge on any atom is 0.319 e. The second-order valence-electron chi connectivity index (χ2n) is 3.24. The normalized spacial score (nSPS) is 20.9. The Morgan fingerprint density at radius 1 is 1.36 bits per heavy atom. The number of hydrogen-bond acceptors (Lipinski definition) is 3. The zero-order valence-corrected chi connectivity index (χ0v) is 8.63. The smallest absolute Gasteiger partial charge is 0.319 e. The number of cyclic esters (lactones) is 1. The molecule has 1 aliphatic rings. The van der Waals surface area contributed by atoms with E-state index in [1.165, 1.54) is 5.56 Å². The van der Waals surface area contributed by atoms with Gasteiger partial charge in [0, 0.05) is 12.2 Å². The Bertz CT molecular complexity index is 310. The number of ether oxygens (including phenoxy) is 1. The average molecular weight is 208 g/mol. The summed E-state index contributed by atoms with van der Waals surface area (Å²) < 4.78 is 4.89. The van der Waals surface area contributed by atoms with Crippen LogP contribution in [0.5, 0.6) is 0 Å². The lowest BCUT2D eigenvalue weighted by Crippen LogP contribution is -2.09. The summed E-state index contributed by atoms with van der Waals surface area (Å²) in [6.07, 6.45) is 0.857. The Hall–Kier alpha value is -0.960. The number of benzene rings is 1. The molecule has 1 aromatic rings. The van der Waals surface area contributed by atoms with Gasteiger partial charge < -0.3 is 4.74 Å². The average Bonchev–Trinajstić information content (AvgIpc) is 2.63. The minimum atomic E-state index is -0.0501. The van der Waals surface area contributed by atoms with Crippen LogP contribution in [-0.2, 0) is 15.3 Å².